The highest BCUT2D eigenvalue weighted by Crippen LogP contribution is 2.25. The molecule has 1 amide bonds. The van der Waals surface area contributed by atoms with Crippen LogP contribution < -0.4 is 15.5 Å². The number of hydroxylamine groups is 2. The van der Waals surface area contributed by atoms with Gasteiger partial charge >= 0.3 is 6.09 Å². The van der Waals surface area contributed by atoms with E-state index in [-0.39, 0.29) is 12.2 Å². The van der Waals surface area contributed by atoms with Gasteiger partial charge in [-0.1, -0.05) is 0 Å². The maximum atomic E-state index is 11.8. The normalized spacial score (nSPS) is 23.5. The van der Waals surface area contributed by atoms with Gasteiger partial charge < -0.3 is 15.4 Å². The molecule has 0 aliphatic carbocycles. The summed E-state index contributed by atoms with van der Waals surface area (Å²) in [7, 11) is 1.94. The Morgan fingerprint density at radius 1 is 1.18 bits per heavy atom. The number of cyclic esters (lactones) is 1. The first kappa shape index (κ1) is 15.1. The predicted octanol–water partition coefficient (Wildman–Crippen LogP) is 0.654. The van der Waals surface area contributed by atoms with Crippen LogP contribution in [0.2, 0.25) is 0 Å². The molecule has 0 radical (unpaired) electrons. The quantitative estimate of drug-likeness (QED) is 0.884. The average molecular weight is 306 g/mol. The van der Waals surface area contributed by atoms with Crippen LogP contribution in [0.1, 0.15) is 0 Å². The second kappa shape index (κ2) is 6.51. The lowest BCUT2D eigenvalue weighted by Gasteiger charge is -2.22. The molecule has 1 aromatic rings. The van der Waals surface area contributed by atoms with E-state index in [1.165, 1.54) is 0 Å². The van der Waals surface area contributed by atoms with E-state index < -0.39 is 0 Å². The molecule has 2 N–H and O–H groups in total. The van der Waals surface area contributed by atoms with Crippen molar-refractivity contribution in [3.05, 3.63) is 24.3 Å². The standard InChI is InChI=1S/C15H22N4O3/c1-17-6-7-18(8-9-21-17)12-2-4-13(5-3-12)19-11-14(10-16)22-15(19)20/h2-5,14H,6-11,16H2,1H3/t14-/m0/s1. The first-order valence-corrected chi connectivity index (χ1v) is 7.54. The van der Waals surface area contributed by atoms with Gasteiger partial charge in [-0.2, -0.15) is 5.06 Å². The molecule has 1 aromatic carbocycles. The fourth-order valence-corrected chi connectivity index (χ4v) is 2.70. The van der Waals surface area contributed by atoms with Crippen molar-refractivity contribution in [2.45, 2.75) is 6.10 Å². The van der Waals surface area contributed by atoms with Gasteiger partial charge in [0.15, 0.2) is 0 Å². The number of ether oxygens (including phenoxy) is 1. The number of anilines is 2. The lowest BCUT2D eigenvalue weighted by Crippen LogP contribution is -2.29. The van der Waals surface area contributed by atoms with Crippen LogP contribution in [0.15, 0.2) is 24.3 Å². The molecule has 7 nitrogen and oxygen atoms in total. The highest BCUT2D eigenvalue weighted by atomic mass is 16.7. The van der Waals surface area contributed by atoms with Crippen LogP contribution in [0.3, 0.4) is 0 Å². The fourth-order valence-electron chi connectivity index (χ4n) is 2.70. The number of hydrogen-bond donors (Lipinski definition) is 1. The van der Waals surface area contributed by atoms with Gasteiger partial charge in [-0.05, 0) is 24.3 Å². The van der Waals surface area contributed by atoms with Gasteiger partial charge in [0, 0.05) is 44.6 Å². The molecule has 2 aliphatic heterocycles. The molecular formula is C15H22N4O3. The monoisotopic (exact) mass is 306 g/mol. The highest BCUT2D eigenvalue weighted by molar-refractivity contribution is 5.90. The molecule has 22 heavy (non-hydrogen) atoms. The van der Waals surface area contributed by atoms with Crippen molar-refractivity contribution in [3.8, 4) is 0 Å². The molecule has 2 heterocycles. The summed E-state index contributed by atoms with van der Waals surface area (Å²) in [6, 6.07) is 7.96. The Labute approximate surface area is 130 Å². The number of likely N-dealkylation sites (N-methyl/N-ethyl adjacent to an activating group) is 1. The molecule has 2 saturated heterocycles. The van der Waals surface area contributed by atoms with Gasteiger partial charge in [-0.25, -0.2) is 4.79 Å². The maximum absolute atomic E-state index is 11.8. The van der Waals surface area contributed by atoms with Crippen molar-refractivity contribution >= 4 is 17.5 Å². The number of rotatable bonds is 3. The molecular weight excluding hydrogens is 284 g/mol. The largest absolute Gasteiger partial charge is 0.443 e. The zero-order valence-electron chi connectivity index (χ0n) is 12.8. The number of carbonyl (C=O) groups is 1. The van der Waals surface area contributed by atoms with E-state index in [1.807, 2.05) is 36.4 Å². The Balaban J connectivity index is 1.69. The molecule has 0 spiro atoms. The Morgan fingerprint density at radius 3 is 2.59 bits per heavy atom. The van der Waals surface area contributed by atoms with E-state index in [0.29, 0.717) is 19.7 Å². The third kappa shape index (κ3) is 3.16. The zero-order valence-corrected chi connectivity index (χ0v) is 12.8. The Hall–Kier alpha value is -1.83. The van der Waals surface area contributed by atoms with Crippen molar-refractivity contribution in [3.63, 3.8) is 0 Å². The van der Waals surface area contributed by atoms with E-state index >= 15 is 0 Å². The van der Waals surface area contributed by atoms with Gasteiger partial charge in [-0.15, -0.1) is 0 Å². The summed E-state index contributed by atoms with van der Waals surface area (Å²) in [6.45, 7) is 4.16. The SMILES string of the molecule is CN1CCN(c2ccc(N3C[C@H](CN)OC3=O)cc2)CCO1. The number of carbonyl (C=O) groups excluding carboxylic acids is 1. The molecule has 0 saturated carbocycles. The first-order chi connectivity index (χ1) is 10.7. The van der Waals surface area contributed by atoms with E-state index in [1.54, 1.807) is 4.90 Å². The summed E-state index contributed by atoms with van der Waals surface area (Å²) in [6.07, 6.45) is -0.543. The lowest BCUT2D eigenvalue weighted by molar-refractivity contribution is -0.126. The number of benzene rings is 1. The van der Waals surface area contributed by atoms with Crippen molar-refractivity contribution in [2.75, 3.05) is 56.2 Å². The Bertz CT molecular complexity index is 522. The molecule has 3 rings (SSSR count). The van der Waals surface area contributed by atoms with Gasteiger partial charge in [0.25, 0.3) is 0 Å². The molecule has 0 aromatic heterocycles. The number of amides is 1. The van der Waals surface area contributed by atoms with Gasteiger partial charge in [-0.3, -0.25) is 9.74 Å². The summed E-state index contributed by atoms with van der Waals surface area (Å²) in [5, 5.41) is 1.86. The van der Waals surface area contributed by atoms with Crippen LogP contribution in [-0.4, -0.2) is 63.6 Å². The minimum atomic E-state index is -0.326. The van der Waals surface area contributed by atoms with Crippen LogP contribution in [0.5, 0.6) is 0 Å². The number of nitrogens with zero attached hydrogens (tertiary/aromatic N) is 3. The summed E-state index contributed by atoms with van der Waals surface area (Å²) in [5.41, 5.74) is 7.53. The van der Waals surface area contributed by atoms with Crippen LogP contribution in [0.25, 0.3) is 0 Å². The van der Waals surface area contributed by atoms with Crippen LogP contribution in [0.4, 0.5) is 16.2 Å². The molecule has 2 fully saturated rings. The molecule has 120 valence electrons. The summed E-state index contributed by atoms with van der Waals surface area (Å²) < 4.78 is 5.18. The molecule has 7 heteroatoms. The second-order valence-corrected chi connectivity index (χ2v) is 5.54. The third-order valence-electron chi connectivity index (χ3n) is 4.02. The predicted molar refractivity (Wildman–Crippen MR) is 83.9 cm³/mol. The van der Waals surface area contributed by atoms with Gasteiger partial charge in [0.05, 0.1) is 13.2 Å². The second-order valence-electron chi connectivity index (χ2n) is 5.54. The van der Waals surface area contributed by atoms with Gasteiger partial charge in [0.2, 0.25) is 0 Å². The smallest absolute Gasteiger partial charge is 0.414 e. The van der Waals surface area contributed by atoms with E-state index in [0.717, 1.165) is 31.0 Å². The van der Waals surface area contributed by atoms with Crippen molar-refractivity contribution in [1.82, 2.24) is 5.06 Å². The molecule has 1 atom stereocenters. The summed E-state index contributed by atoms with van der Waals surface area (Å²) in [5.74, 6) is 0. The minimum Gasteiger partial charge on any atom is -0.443 e. The molecule has 0 bridgehead atoms. The lowest BCUT2D eigenvalue weighted by atomic mass is 10.2. The summed E-state index contributed by atoms with van der Waals surface area (Å²) >= 11 is 0. The van der Waals surface area contributed by atoms with Crippen molar-refractivity contribution in [2.24, 2.45) is 5.73 Å². The minimum absolute atomic E-state index is 0.217. The fraction of sp³-hybridized carbons (Fsp3) is 0.533. The number of hydrogen-bond acceptors (Lipinski definition) is 6. The van der Waals surface area contributed by atoms with E-state index in [4.69, 9.17) is 15.3 Å². The third-order valence-corrected chi connectivity index (χ3v) is 4.02. The topological polar surface area (TPSA) is 71.3 Å². The van der Waals surface area contributed by atoms with E-state index in [9.17, 15) is 4.79 Å². The van der Waals surface area contributed by atoms with Crippen LogP contribution >= 0.6 is 0 Å². The average Bonchev–Trinajstić information content (AvgIpc) is 2.78. The maximum Gasteiger partial charge on any atom is 0.414 e. The highest BCUT2D eigenvalue weighted by Gasteiger charge is 2.31. The Kier molecular flexibility index (Phi) is 4.47. The van der Waals surface area contributed by atoms with Crippen LogP contribution in [0, 0.1) is 0 Å². The summed E-state index contributed by atoms with van der Waals surface area (Å²) in [4.78, 5) is 21.2. The molecule has 0 unspecified atom stereocenters. The van der Waals surface area contributed by atoms with Crippen LogP contribution in [-0.2, 0) is 9.57 Å². The van der Waals surface area contributed by atoms with Crippen molar-refractivity contribution in [1.29, 1.82) is 0 Å². The molecule has 2 aliphatic rings. The van der Waals surface area contributed by atoms with Crippen molar-refractivity contribution < 1.29 is 14.4 Å². The first-order valence-electron chi connectivity index (χ1n) is 7.54. The van der Waals surface area contributed by atoms with E-state index in [2.05, 4.69) is 4.90 Å². The number of nitrogens with two attached hydrogens (primary N) is 1. The Morgan fingerprint density at radius 2 is 1.91 bits per heavy atom. The zero-order chi connectivity index (χ0) is 15.5. The van der Waals surface area contributed by atoms with Gasteiger partial charge in [0.1, 0.15) is 6.10 Å².